The zero-order chi connectivity index (χ0) is 31.8. The fraction of sp³-hybridized carbons (Fsp3) is 0.613. The molecule has 2 aliphatic rings. The summed E-state index contributed by atoms with van der Waals surface area (Å²) in [6, 6.07) is 3.41. The Hall–Kier alpha value is -3.45. The van der Waals surface area contributed by atoms with E-state index in [9.17, 15) is 9.59 Å². The lowest BCUT2D eigenvalue weighted by molar-refractivity contribution is -0.119. The van der Waals surface area contributed by atoms with Gasteiger partial charge in [0.15, 0.2) is 0 Å². The van der Waals surface area contributed by atoms with Gasteiger partial charge in [0, 0.05) is 37.5 Å². The van der Waals surface area contributed by atoms with E-state index in [-0.39, 0.29) is 17.8 Å². The van der Waals surface area contributed by atoms with Gasteiger partial charge in [0.05, 0.1) is 11.9 Å². The maximum atomic E-state index is 15.5. The first-order chi connectivity index (χ1) is 20.8. The highest BCUT2D eigenvalue weighted by Crippen LogP contribution is 2.51. The lowest BCUT2D eigenvalue weighted by Crippen LogP contribution is -2.50. The average Bonchev–Trinajstić information content (AvgIpc) is 3.88. The number of anilines is 1. The lowest BCUT2D eigenvalue weighted by atomic mass is 9.88. The molecule has 13 heteroatoms. The SMILES string of the molecule is Cc1nn(COCC[Si](C)(C)C)c(C)c1-c1ccc(NC(=O)[C@@H](NC(=O)c2cnnn2C(C)C)C(C2CC2)C2CC2)nc1F. The van der Waals surface area contributed by atoms with Gasteiger partial charge >= 0.3 is 0 Å². The standard InChI is InChI=1S/C31H45FN8O3Si/c1-18(2)40-24(16-33-38-40)30(41)36-28(27(21-8-9-21)22-10-11-22)31(42)35-25-13-12-23(29(32)34-25)26-19(3)37-39(20(26)4)17-43-14-15-44(5,6)7/h12-13,16,18,21-22,27-28H,8-11,14-15,17H2,1-7H3,(H,36,41)(H,34,35,42)/t28-/m0/s1. The van der Waals surface area contributed by atoms with Crippen molar-refractivity contribution in [1.82, 2.24) is 35.1 Å². The molecule has 11 nitrogen and oxygen atoms in total. The largest absolute Gasteiger partial charge is 0.360 e. The van der Waals surface area contributed by atoms with Crippen molar-refractivity contribution in [1.29, 1.82) is 0 Å². The van der Waals surface area contributed by atoms with Crippen molar-refractivity contribution in [3.05, 3.63) is 41.4 Å². The molecule has 3 heterocycles. The number of hydrogen-bond acceptors (Lipinski definition) is 7. The molecule has 0 bridgehead atoms. The van der Waals surface area contributed by atoms with Crippen molar-refractivity contribution < 1.29 is 18.7 Å². The Balaban J connectivity index is 1.32. The summed E-state index contributed by atoms with van der Waals surface area (Å²) in [5.41, 5.74) is 2.71. The summed E-state index contributed by atoms with van der Waals surface area (Å²) in [6.07, 6.45) is 5.54. The number of halogens is 1. The van der Waals surface area contributed by atoms with Gasteiger partial charge in [0.25, 0.3) is 5.91 Å². The molecule has 2 fully saturated rings. The second-order valence-corrected chi connectivity index (χ2v) is 19.4. The van der Waals surface area contributed by atoms with Gasteiger partial charge in [-0.3, -0.25) is 9.59 Å². The van der Waals surface area contributed by atoms with Crippen molar-refractivity contribution in [2.24, 2.45) is 17.8 Å². The molecule has 3 aromatic rings. The van der Waals surface area contributed by atoms with Crippen LogP contribution < -0.4 is 10.6 Å². The highest BCUT2D eigenvalue weighted by atomic mass is 28.3. The molecule has 1 atom stereocenters. The highest BCUT2D eigenvalue weighted by molar-refractivity contribution is 6.76. The molecule has 0 saturated heterocycles. The highest BCUT2D eigenvalue weighted by Gasteiger charge is 2.48. The van der Waals surface area contributed by atoms with Crippen LogP contribution >= 0.6 is 0 Å². The number of carbonyl (C=O) groups is 2. The minimum atomic E-state index is -1.21. The van der Waals surface area contributed by atoms with Crippen LogP contribution in [0.25, 0.3) is 11.1 Å². The molecule has 0 radical (unpaired) electrons. The van der Waals surface area contributed by atoms with Crippen LogP contribution in [0.15, 0.2) is 18.3 Å². The Bertz CT molecular complexity index is 1490. The number of aromatic nitrogens is 6. The normalized spacial score (nSPS) is 16.0. The molecular formula is C31H45FN8O3Si. The summed E-state index contributed by atoms with van der Waals surface area (Å²) >= 11 is 0. The first-order valence-electron chi connectivity index (χ1n) is 15.6. The summed E-state index contributed by atoms with van der Waals surface area (Å²) in [4.78, 5) is 31.2. The number of amides is 2. The molecule has 2 N–H and O–H groups in total. The van der Waals surface area contributed by atoms with E-state index in [0.717, 1.165) is 37.4 Å². The van der Waals surface area contributed by atoms with E-state index in [2.05, 4.69) is 50.7 Å². The number of carbonyl (C=O) groups excluding carboxylic acids is 2. The summed E-state index contributed by atoms with van der Waals surface area (Å²) in [7, 11) is -1.21. The molecule has 3 aromatic heterocycles. The Kier molecular flexibility index (Phi) is 9.35. The molecular weight excluding hydrogens is 579 g/mol. The van der Waals surface area contributed by atoms with Crippen LogP contribution in [-0.4, -0.2) is 62.3 Å². The first kappa shape index (κ1) is 32.0. The summed E-state index contributed by atoms with van der Waals surface area (Å²) in [5, 5.41) is 18.3. The first-order valence-corrected chi connectivity index (χ1v) is 19.4. The molecule has 5 rings (SSSR count). The van der Waals surface area contributed by atoms with Crippen LogP contribution in [-0.2, 0) is 16.3 Å². The monoisotopic (exact) mass is 624 g/mol. The van der Waals surface area contributed by atoms with E-state index in [1.165, 1.54) is 10.9 Å². The van der Waals surface area contributed by atoms with Crippen molar-refractivity contribution >= 4 is 25.7 Å². The third-order valence-electron chi connectivity index (χ3n) is 8.54. The Morgan fingerprint density at radius 2 is 1.80 bits per heavy atom. The van der Waals surface area contributed by atoms with Gasteiger partial charge in [-0.05, 0) is 89.3 Å². The number of nitrogens with zero attached hydrogens (tertiary/aromatic N) is 6. The molecule has 2 saturated carbocycles. The third-order valence-corrected chi connectivity index (χ3v) is 10.2. The van der Waals surface area contributed by atoms with E-state index in [1.807, 2.05) is 27.7 Å². The second-order valence-electron chi connectivity index (χ2n) is 13.8. The third kappa shape index (κ3) is 7.43. The number of rotatable bonds is 14. The van der Waals surface area contributed by atoms with Crippen molar-refractivity contribution in [3.8, 4) is 11.1 Å². The average molecular weight is 625 g/mol. The molecule has 0 spiro atoms. The zero-order valence-corrected chi connectivity index (χ0v) is 27.9. The fourth-order valence-corrected chi connectivity index (χ4v) is 6.62. The van der Waals surface area contributed by atoms with E-state index in [0.29, 0.717) is 47.7 Å². The van der Waals surface area contributed by atoms with Gasteiger partial charge in [0.1, 0.15) is 24.3 Å². The van der Waals surface area contributed by atoms with E-state index in [1.54, 1.807) is 16.8 Å². The van der Waals surface area contributed by atoms with Crippen LogP contribution in [0.3, 0.4) is 0 Å². The van der Waals surface area contributed by atoms with Crippen LogP contribution in [0.4, 0.5) is 10.2 Å². The van der Waals surface area contributed by atoms with E-state index in [4.69, 9.17) is 4.74 Å². The number of aryl methyl sites for hydroxylation is 1. The minimum Gasteiger partial charge on any atom is -0.360 e. The molecule has 2 aliphatic carbocycles. The van der Waals surface area contributed by atoms with Crippen molar-refractivity contribution in [2.75, 3.05) is 11.9 Å². The maximum absolute atomic E-state index is 15.5. The lowest BCUT2D eigenvalue weighted by Gasteiger charge is -2.27. The quantitative estimate of drug-likeness (QED) is 0.140. The van der Waals surface area contributed by atoms with Gasteiger partial charge in [-0.2, -0.15) is 9.49 Å². The van der Waals surface area contributed by atoms with E-state index >= 15 is 4.39 Å². The van der Waals surface area contributed by atoms with Crippen LogP contribution in [0.5, 0.6) is 0 Å². The van der Waals surface area contributed by atoms with Crippen molar-refractivity contribution in [2.45, 2.75) is 97.9 Å². The van der Waals surface area contributed by atoms with Crippen LogP contribution in [0.2, 0.25) is 25.7 Å². The Morgan fingerprint density at radius 1 is 1.11 bits per heavy atom. The number of nitrogens with one attached hydrogen (secondary N) is 2. The zero-order valence-electron chi connectivity index (χ0n) is 26.9. The predicted molar refractivity (Wildman–Crippen MR) is 168 cm³/mol. The predicted octanol–water partition coefficient (Wildman–Crippen LogP) is 5.36. The summed E-state index contributed by atoms with van der Waals surface area (Å²) in [6.45, 7) is 15.4. The van der Waals surface area contributed by atoms with Crippen LogP contribution in [0.1, 0.15) is 67.4 Å². The van der Waals surface area contributed by atoms with Gasteiger partial charge in [0.2, 0.25) is 11.9 Å². The van der Waals surface area contributed by atoms with Gasteiger partial charge in [-0.15, -0.1) is 5.10 Å². The van der Waals surface area contributed by atoms with Gasteiger partial charge < -0.3 is 15.4 Å². The summed E-state index contributed by atoms with van der Waals surface area (Å²) < 4.78 is 24.7. The minimum absolute atomic E-state index is 0.00977. The molecule has 44 heavy (non-hydrogen) atoms. The fourth-order valence-electron chi connectivity index (χ4n) is 5.87. The molecule has 2 amide bonds. The Labute approximate surface area is 259 Å². The Morgan fingerprint density at radius 3 is 2.39 bits per heavy atom. The number of pyridine rings is 1. The summed E-state index contributed by atoms with van der Waals surface area (Å²) in [5.74, 6) is -0.663. The van der Waals surface area contributed by atoms with E-state index < -0.39 is 31.9 Å². The second kappa shape index (κ2) is 12.9. The topological polar surface area (TPSA) is 129 Å². The molecule has 0 aliphatic heterocycles. The molecule has 238 valence electrons. The van der Waals surface area contributed by atoms with Crippen LogP contribution in [0, 0.1) is 37.5 Å². The van der Waals surface area contributed by atoms with Crippen molar-refractivity contribution in [3.63, 3.8) is 0 Å². The molecule has 0 aromatic carbocycles. The maximum Gasteiger partial charge on any atom is 0.271 e. The number of ether oxygens (including phenoxy) is 1. The molecule has 0 unspecified atom stereocenters. The van der Waals surface area contributed by atoms with Gasteiger partial charge in [-0.1, -0.05) is 24.9 Å². The number of hydrogen-bond donors (Lipinski definition) is 2. The smallest absolute Gasteiger partial charge is 0.271 e. The van der Waals surface area contributed by atoms with Gasteiger partial charge in [-0.25, -0.2) is 14.3 Å².